The summed E-state index contributed by atoms with van der Waals surface area (Å²) in [4.78, 5) is 14.1. The Morgan fingerprint density at radius 2 is 1.96 bits per heavy atom. The lowest BCUT2D eigenvalue weighted by Crippen LogP contribution is -2.43. The van der Waals surface area contributed by atoms with Gasteiger partial charge in [-0.2, -0.15) is 15.5 Å². The second-order valence-corrected chi connectivity index (χ2v) is 5.98. The molecule has 1 amide bonds. The number of piperazine rings is 1. The van der Waals surface area contributed by atoms with Gasteiger partial charge in [0, 0.05) is 31.9 Å². The van der Waals surface area contributed by atoms with Crippen LogP contribution in [-0.4, -0.2) is 38.1 Å². The predicted molar refractivity (Wildman–Crippen MR) is 100 cm³/mol. The molecule has 3 rings (SSSR count). The van der Waals surface area contributed by atoms with Crippen LogP contribution in [0.1, 0.15) is 0 Å². The Morgan fingerprint density at radius 1 is 1.22 bits per heavy atom. The van der Waals surface area contributed by atoms with Gasteiger partial charge >= 0.3 is 0 Å². The summed E-state index contributed by atoms with van der Waals surface area (Å²) in [6.45, 7) is 2.94. The summed E-state index contributed by atoms with van der Waals surface area (Å²) < 4.78 is 14.1. The van der Waals surface area contributed by atoms with E-state index in [0.29, 0.717) is 30.2 Å². The van der Waals surface area contributed by atoms with Crippen molar-refractivity contribution in [3.8, 4) is 6.07 Å². The number of carbonyl (C=O) groups excluding carboxylic acids is 1. The molecule has 2 aromatic carbocycles. The summed E-state index contributed by atoms with van der Waals surface area (Å²) in [6, 6.07) is 13.7. The Morgan fingerprint density at radius 3 is 2.67 bits per heavy atom. The molecule has 1 unspecified atom stereocenters. The number of halogens is 1. The van der Waals surface area contributed by atoms with Crippen LogP contribution in [0.2, 0.25) is 0 Å². The van der Waals surface area contributed by atoms with Gasteiger partial charge in [0.2, 0.25) is 6.04 Å². The van der Waals surface area contributed by atoms with Crippen molar-refractivity contribution < 1.29 is 9.18 Å². The summed E-state index contributed by atoms with van der Waals surface area (Å²) >= 11 is 0. The normalized spacial score (nSPS) is 15.3. The summed E-state index contributed by atoms with van der Waals surface area (Å²) in [5, 5.41) is 22.8. The number of azo groups is 1. The molecule has 27 heavy (non-hydrogen) atoms. The molecule has 0 spiro atoms. The second kappa shape index (κ2) is 8.87. The monoisotopic (exact) mass is 366 g/mol. The third-order valence-electron chi connectivity index (χ3n) is 4.09. The van der Waals surface area contributed by atoms with E-state index in [1.807, 2.05) is 17.0 Å². The van der Waals surface area contributed by atoms with Crippen molar-refractivity contribution in [3.05, 3.63) is 54.3 Å². The van der Waals surface area contributed by atoms with E-state index in [2.05, 4.69) is 20.9 Å². The van der Waals surface area contributed by atoms with Gasteiger partial charge in [-0.1, -0.05) is 18.2 Å². The van der Waals surface area contributed by atoms with Crippen LogP contribution in [0, 0.1) is 17.1 Å². The fourth-order valence-corrected chi connectivity index (χ4v) is 2.70. The molecule has 0 aromatic heterocycles. The highest BCUT2D eigenvalue weighted by atomic mass is 19.1. The maximum atomic E-state index is 14.1. The van der Waals surface area contributed by atoms with E-state index in [1.165, 1.54) is 12.1 Å². The largest absolute Gasteiger partial charge is 0.367 e. The smallest absolute Gasteiger partial charge is 0.265 e. The second-order valence-electron chi connectivity index (χ2n) is 5.98. The first-order chi connectivity index (χ1) is 13.2. The molecule has 0 aliphatic carbocycles. The molecule has 138 valence electrons. The van der Waals surface area contributed by atoms with Gasteiger partial charge in [0.1, 0.15) is 11.9 Å². The molecule has 0 bridgehead atoms. The first-order valence-corrected chi connectivity index (χ1v) is 8.59. The number of benzene rings is 2. The maximum absolute atomic E-state index is 14.1. The zero-order valence-corrected chi connectivity index (χ0v) is 14.6. The average Bonchev–Trinajstić information content (AvgIpc) is 2.71. The van der Waals surface area contributed by atoms with Crippen molar-refractivity contribution in [2.75, 3.05) is 36.4 Å². The van der Waals surface area contributed by atoms with Crippen molar-refractivity contribution in [1.29, 1.82) is 5.26 Å². The summed E-state index contributed by atoms with van der Waals surface area (Å²) in [6.07, 6.45) is 0. The topological polar surface area (TPSA) is 92.9 Å². The zero-order valence-electron chi connectivity index (χ0n) is 14.6. The van der Waals surface area contributed by atoms with Gasteiger partial charge in [-0.3, -0.25) is 4.79 Å². The van der Waals surface area contributed by atoms with Crippen molar-refractivity contribution >= 4 is 23.0 Å². The number of nitrogens with one attached hydrogen (secondary N) is 2. The number of amides is 1. The number of hydrogen-bond donors (Lipinski definition) is 2. The highest BCUT2D eigenvalue weighted by molar-refractivity contribution is 5.96. The van der Waals surface area contributed by atoms with Gasteiger partial charge in [-0.25, -0.2) is 4.39 Å². The Kier molecular flexibility index (Phi) is 6.07. The Hall–Kier alpha value is -3.31. The molecule has 2 N–H and O–H groups in total. The highest BCUT2D eigenvalue weighted by Gasteiger charge is 2.18. The molecule has 8 heteroatoms. The van der Waals surface area contributed by atoms with Gasteiger partial charge in [-0.05, 0) is 30.3 Å². The molecule has 1 saturated heterocycles. The predicted octanol–water partition coefficient (Wildman–Crippen LogP) is 2.85. The molecule has 1 aliphatic heterocycles. The minimum atomic E-state index is -1.29. The van der Waals surface area contributed by atoms with Crippen LogP contribution >= 0.6 is 0 Å². The molecule has 0 radical (unpaired) electrons. The van der Waals surface area contributed by atoms with Crippen LogP contribution in [0.3, 0.4) is 0 Å². The van der Waals surface area contributed by atoms with E-state index in [9.17, 15) is 14.4 Å². The molecule has 1 heterocycles. The minimum Gasteiger partial charge on any atom is -0.367 e. The van der Waals surface area contributed by atoms with E-state index in [0.717, 1.165) is 13.1 Å². The SMILES string of the molecule is N#CC(N=Nc1ccc(F)c(N2CCNCC2)c1)C(=O)Nc1ccccc1. The number of nitriles is 1. The quantitative estimate of drug-likeness (QED) is 0.796. The standard InChI is InChI=1S/C19H19FN6O/c20-16-7-6-15(12-18(16)26-10-8-22-9-11-26)24-25-17(13-21)19(27)23-14-4-2-1-3-5-14/h1-7,12,17,22H,8-11H2,(H,23,27). The van der Waals surface area contributed by atoms with Gasteiger partial charge < -0.3 is 15.5 Å². The lowest BCUT2D eigenvalue weighted by Gasteiger charge is -2.29. The highest BCUT2D eigenvalue weighted by Crippen LogP contribution is 2.26. The summed E-state index contributed by atoms with van der Waals surface area (Å²) in [7, 11) is 0. The molecule has 1 atom stereocenters. The van der Waals surface area contributed by atoms with E-state index in [-0.39, 0.29) is 5.82 Å². The molecule has 7 nitrogen and oxygen atoms in total. The number of carbonyl (C=O) groups is 1. The van der Waals surface area contributed by atoms with Crippen LogP contribution < -0.4 is 15.5 Å². The number of hydrogen-bond acceptors (Lipinski definition) is 6. The Bertz CT molecular complexity index is 858. The van der Waals surface area contributed by atoms with Crippen LogP contribution in [-0.2, 0) is 4.79 Å². The van der Waals surface area contributed by atoms with Gasteiger partial charge in [0.15, 0.2) is 0 Å². The minimum absolute atomic E-state index is 0.338. The summed E-state index contributed by atoms with van der Waals surface area (Å²) in [5.74, 6) is -0.911. The third-order valence-corrected chi connectivity index (χ3v) is 4.09. The van der Waals surface area contributed by atoms with Crippen LogP contribution in [0.25, 0.3) is 0 Å². The van der Waals surface area contributed by atoms with Crippen LogP contribution in [0.5, 0.6) is 0 Å². The number of anilines is 2. The van der Waals surface area contributed by atoms with Gasteiger partial charge in [-0.15, -0.1) is 0 Å². The number of rotatable bonds is 5. The molecule has 2 aromatic rings. The number of nitrogens with zero attached hydrogens (tertiary/aromatic N) is 4. The maximum Gasteiger partial charge on any atom is 0.265 e. The van der Waals surface area contributed by atoms with E-state index >= 15 is 0 Å². The first-order valence-electron chi connectivity index (χ1n) is 8.59. The van der Waals surface area contributed by atoms with Crippen molar-refractivity contribution in [2.45, 2.75) is 6.04 Å². The lowest BCUT2D eigenvalue weighted by atomic mass is 10.2. The molecule has 1 fully saturated rings. The van der Waals surface area contributed by atoms with Crippen molar-refractivity contribution in [1.82, 2.24) is 5.32 Å². The molecule has 0 saturated carbocycles. The van der Waals surface area contributed by atoms with Gasteiger partial charge in [0.25, 0.3) is 5.91 Å². The zero-order chi connectivity index (χ0) is 19.1. The van der Waals surface area contributed by atoms with E-state index in [1.54, 1.807) is 30.3 Å². The fraction of sp³-hybridized carbons (Fsp3) is 0.263. The number of para-hydroxylation sites is 1. The van der Waals surface area contributed by atoms with Crippen molar-refractivity contribution in [3.63, 3.8) is 0 Å². The summed E-state index contributed by atoms with van der Waals surface area (Å²) in [5.41, 5.74) is 1.40. The Labute approximate surface area is 156 Å². The van der Waals surface area contributed by atoms with Crippen molar-refractivity contribution in [2.24, 2.45) is 10.2 Å². The first kappa shape index (κ1) is 18.5. The van der Waals surface area contributed by atoms with Crippen LogP contribution in [0.15, 0.2) is 58.8 Å². The Balaban J connectivity index is 1.71. The van der Waals surface area contributed by atoms with E-state index in [4.69, 9.17) is 0 Å². The fourth-order valence-electron chi connectivity index (χ4n) is 2.70. The molecule has 1 aliphatic rings. The third kappa shape index (κ3) is 4.86. The lowest BCUT2D eigenvalue weighted by molar-refractivity contribution is -0.116. The van der Waals surface area contributed by atoms with Gasteiger partial charge in [0.05, 0.1) is 11.4 Å². The van der Waals surface area contributed by atoms with Crippen LogP contribution in [0.4, 0.5) is 21.5 Å². The molecular weight excluding hydrogens is 347 g/mol. The molecular formula is C19H19FN6O. The van der Waals surface area contributed by atoms with E-state index < -0.39 is 11.9 Å². The average molecular weight is 366 g/mol.